The summed E-state index contributed by atoms with van der Waals surface area (Å²) in [5.41, 5.74) is -7.12. The number of rotatable bonds is 5. The number of halogens is 10. The number of methoxy groups -OCH3 is 1. The molecule has 0 saturated carbocycles. The first-order chi connectivity index (χ1) is 16.0. The molecule has 0 amide bonds. The number of nitrogens with zero attached hydrogens (tertiary/aromatic N) is 3. The minimum Gasteiger partial charge on any atom is -0.466 e. The molecule has 2 aromatic heterocycles. The Bertz CT molecular complexity index is 1200. The standard InChI is InChI=1S/C20H15BrClF8N3O2/c1-17(22)4-3-10(5-12(17)16(34)35-2)11-7-31-33(8-11)15-13(21)6-14(32(15)9-23)18(24,19(25,26)27)20(28,29)30/h3,5-8H,4,9H2,1-2H3. The molecule has 0 fully saturated rings. The van der Waals surface area contributed by atoms with Gasteiger partial charge in [-0.15, -0.1) is 11.6 Å². The van der Waals surface area contributed by atoms with Crippen molar-refractivity contribution in [2.75, 3.05) is 7.11 Å². The van der Waals surface area contributed by atoms with E-state index in [1.165, 1.54) is 12.3 Å². The molecular formula is C20H15BrClF8N3O2. The zero-order valence-corrected chi connectivity index (χ0v) is 20.1. The molecule has 0 aliphatic heterocycles. The van der Waals surface area contributed by atoms with Crippen molar-refractivity contribution in [1.82, 2.24) is 14.3 Å². The maximum Gasteiger partial charge on any atom is 0.437 e. The van der Waals surface area contributed by atoms with E-state index in [0.29, 0.717) is 5.57 Å². The van der Waals surface area contributed by atoms with Gasteiger partial charge in [0.15, 0.2) is 12.6 Å². The average Bonchev–Trinajstić information content (AvgIpc) is 3.34. The number of esters is 1. The van der Waals surface area contributed by atoms with E-state index < -0.39 is 51.6 Å². The van der Waals surface area contributed by atoms with Gasteiger partial charge in [-0.2, -0.15) is 31.4 Å². The number of allylic oxidation sites excluding steroid dienone is 3. The predicted molar refractivity (Wildman–Crippen MR) is 112 cm³/mol. The highest BCUT2D eigenvalue weighted by Crippen LogP contribution is 2.54. The predicted octanol–water partition coefficient (Wildman–Crippen LogP) is 6.54. The van der Waals surface area contributed by atoms with Crippen LogP contribution in [0.1, 0.15) is 24.6 Å². The molecule has 0 radical (unpaired) electrons. The van der Waals surface area contributed by atoms with Crippen LogP contribution in [0.4, 0.5) is 35.1 Å². The lowest BCUT2D eigenvalue weighted by molar-refractivity contribution is -0.350. The molecule has 5 nitrogen and oxygen atoms in total. The van der Waals surface area contributed by atoms with Crippen molar-refractivity contribution in [3.05, 3.63) is 51.9 Å². The maximum atomic E-state index is 14.7. The molecule has 0 saturated heterocycles. The molecule has 2 aromatic rings. The Kier molecular flexibility index (Phi) is 6.96. The van der Waals surface area contributed by atoms with Crippen LogP contribution in [0.5, 0.6) is 0 Å². The normalized spacial score (nSPS) is 19.4. The summed E-state index contributed by atoms with van der Waals surface area (Å²) in [5.74, 6) is -1.34. The smallest absolute Gasteiger partial charge is 0.437 e. The molecule has 1 unspecified atom stereocenters. The van der Waals surface area contributed by atoms with Gasteiger partial charge in [-0.05, 0) is 47.0 Å². The Hall–Kier alpha value is -2.35. The zero-order chi connectivity index (χ0) is 26.6. The van der Waals surface area contributed by atoms with Gasteiger partial charge in [0.2, 0.25) is 0 Å². The largest absolute Gasteiger partial charge is 0.466 e. The Morgan fingerprint density at radius 1 is 1.23 bits per heavy atom. The lowest BCUT2D eigenvalue weighted by Gasteiger charge is -2.30. The summed E-state index contributed by atoms with van der Waals surface area (Å²) in [6.07, 6.45) is -7.35. The van der Waals surface area contributed by atoms with Gasteiger partial charge >= 0.3 is 24.0 Å². The number of carbonyl (C=O) groups excluding carboxylic acids is 1. The van der Waals surface area contributed by atoms with E-state index in [2.05, 4.69) is 21.0 Å². The molecule has 0 bridgehead atoms. The molecule has 192 valence electrons. The Morgan fingerprint density at radius 3 is 2.34 bits per heavy atom. The maximum absolute atomic E-state index is 14.7. The van der Waals surface area contributed by atoms with Gasteiger partial charge in [-0.1, -0.05) is 6.08 Å². The molecule has 35 heavy (non-hydrogen) atoms. The summed E-state index contributed by atoms with van der Waals surface area (Å²) in [4.78, 5) is 11.0. The van der Waals surface area contributed by atoms with E-state index in [0.717, 1.165) is 18.0 Å². The van der Waals surface area contributed by atoms with E-state index in [-0.39, 0.29) is 28.2 Å². The number of hydrogen-bond donors (Lipinski definition) is 0. The van der Waals surface area contributed by atoms with E-state index in [9.17, 15) is 39.9 Å². The molecule has 15 heteroatoms. The van der Waals surface area contributed by atoms with Crippen molar-refractivity contribution < 1.29 is 44.7 Å². The second-order valence-corrected chi connectivity index (χ2v) is 9.38. The molecule has 1 aliphatic carbocycles. The highest BCUT2D eigenvalue weighted by Gasteiger charge is 2.75. The zero-order valence-electron chi connectivity index (χ0n) is 17.7. The van der Waals surface area contributed by atoms with Crippen LogP contribution >= 0.6 is 27.5 Å². The molecule has 0 spiro atoms. The summed E-state index contributed by atoms with van der Waals surface area (Å²) in [5, 5.41) is 3.87. The SMILES string of the molecule is COC(=O)C1=CC(c2cnn(-c3c(Br)cc(C(F)(C(F)(F)F)C(F)(F)F)n3CF)c2)=CCC1(C)Cl. The third-order valence-corrected chi connectivity index (χ3v) is 6.32. The first-order valence-electron chi connectivity index (χ1n) is 9.52. The minimum atomic E-state index is -6.43. The van der Waals surface area contributed by atoms with Crippen LogP contribution in [-0.4, -0.2) is 44.7 Å². The topological polar surface area (TPSA) is 49.0 Å². The number of aromatic nitrogens is 3. The second kappa shape index (κ2) is 8.95. The van der Waals surface area contributed by atoms with Gasteiger partial charge in [0.25, 0.3) is 0 Å². The number of ether oxygens (including phenoxy) is 1. The summed E-state index contributed by atoms with van der Waals surface area (Å²) >= 11 is 9.11. The summed E-state index contributed by atoms with van der Waals surface area (Å²) in [6.45, 7) is -0.353. The van der Waals surface area contributed by atoms with Crippen LogP contribution in [-0.2, 0) is 22.0 Å². The van der Waals surface area contributed by atoms with Crippen molar-refractivity contribution in [3.8, 4) is 5.82 Å². The number of alkyl halides is 9. The highest BCUT2D eigenvalue weighted by atomic mass is 79.9. The highest BCUT2D eigenvalue weighted by molar-refractivity contribution is 9.10. The van der Waals surface area contributed by atoms with E-state index in [4.69, 9.17) is 16.3 Å². The van der Waals surface area contributed by atoms with Gasteiger partial charge in [0.05, 0.1) is 33.9 Å². The van der Waals surface area contributed by atoms with Crippen molar-refractivity contribution in [1.29, 1.82) is 0 Å². The van der Waals surface area contributed by atoms with Gasteiger partial charge < -0.3 is 4.74 Å². The first kappa shape index (κ1) is 27.2. The fraction of sp³-hybridized carbons (Fsp3) is 0.400. The quantitative estimate of drug-likeness (QED) is 0.224. The Labute approximate surface area is 206 Å². The lowest BCUT2D eigenvalue weighted by Crippen LogP contribution is -2.51. The lowest BCUT2D eigenvalue weighted by atomic mass is 9.87. The van der Waals surface area contributed by atoms with Gasteiger partial charge in [0, 0.05) is 11.8 Å². The van der Waals surface area contributed by atoms with Crippen molar-refractivity contribution >= 4 is 39.1 Å². The van der Waals surface area contributed by atoms with Gasteiger partial charge in [0.1, 0.15) is 0 Å². The molecule has 0 aromatic carbocycles. The van der Waals surface area contributed by atoms with E-state index in [1.807, 2.05) is 0 Å². The average molecular weight is 597 g/mol. The summed E-state index contributed by atoms with van der Waals surface area (Å²) < 4.78 is 113. The number of hydrogen-bond acceptors (Lipinski definition) is 3. The van der Waals surface area contributed by atoms with E-state index in [1.54, 1.807) is 13.0 Å². The first-order valence-corrected chi connectivity index (χ1v) is 10.7. The number of carbonyl (C=O) groups is 1. The van der Waals surface area contributed by atoms with Crippen molar-refractivity contribution in [2.45, 2.75) is 43.0 Å². The Morgan fingerprint density at radius 2 is 1.83 bits per heavy atom. The Balaban J connectivity index is 2.13. The molecule has 1 aliphatic rings. The molecular weight excluding hydrogens is 582 g/mol. The third kappa shape index (κ3) is 4.50. The molecule has 2 heterocycles. The monoisotopic (exact) mass is 595 g/mol. The molecule has 0 N–H and O–H groups in total. The van der Waals surface area contributed by atoms with Crippen molar-refractivity contribution in [2.24, 2.45) is 0 Å². The van der Waals surface area contributed by atoms with Crippen LogP contribution in [0.2, 0.25) is 0 Å². The summed E-state index contributed by atoms with van der Waals surface area (Å²) in [6, 6.07) is 0.200. The van der Waals surface area contributed by atoms with Crippen LogP contribution in [0.15, 0.2) is 40.7 Å². The van der Waals surface area contributed by atoms with Crippen LogP contribution in [0, 0.1) is 0 Å². The molecule has 3 rings (SSSR count). The summed E-state index contributed by atoms with van der Waals surface area (Å²) in [7, 11) is 1.15. The van der Waals surface area contributed by atoms with Crippen LogP contribution < -0.4 is 0 Å². The van der Waals surface area contributed by atoms with Gasteiger partial charge in [-0.25, -0.2) is 18.3 Å². The van der Waals surface area contributed by atoms with Gasteiger partial charge in [-0.3, -0.25) is 4.57 Å². The van der Waals surface area contributed by atoms with Crippen LogP contribution in [0.3, 0.4) is 0 Å². The fourth-order valence-corrected chi connectivity index (χ4v) is 4.36. The second-order valence-electron chi connectivity index (χ2n) is 7.69. The van der Waals surface area contributed by atoms with E-state index >= 15 is 0 Å². The van der Waals surface area contributed by atoms with Crippen LogP contribution in [0.25, 0.3) is 11.4 Å². The molecule has 1 atom stereocenters. The van der Waals surface area contributed by atoms with Crippen molar-refractivity contribution in [3.63, 3.8) is 0 Å². The third-order valence-electron chi connectivity index (χ3n) is 5.38. The fourth-order valence-electron chi connectivity index (χ4n) is 3.54. The minimum absolute atomic E-state index is 0.0973.